The second kappa shape index (κ2) is 7.70. The van der Waals surface area contributed by atoms with Crippen LogP contribution in [0.5, 0.6) is 0 Å². The van der Waals surface area contributed by atoms with E-state index in [4.69, 9.17) is 0 Å². The Morgan fingerprint density at radius 3 is 2.07 bits per heavy atom. The van der Waals surface area contributed by atoms with Gasteiger partial charge in [-0.1, -0.05) is 85.3 Å². The number of hydrazone groups is 1. The SMILES string of the molecule is CC[C@@]1(c2ccccc2)[C@@H](O)C(c2ccccc2)=NN1S(=O)(=O)c1ccc(C)cc1. The van der Waals surface area contributed by atoms with Gasteiger partial charge in [0.1, 0.15) is 17.4 Å². The Morgan fingerprint density at radius 1 is 0.933 bits per heavy atom. The fourth-order valence-corrected chi connectivity index (χ4v) is 5.64. The first-order valence-electron chi connectivity index (χ1n) is 9.91. The topological polar surface area (TPSA) is 70.0 Å². The second-order valence-electron chi connectivity index (χ2n) is 7.46. The molecule has 2 atom stereocenters. The highest BCUT2D eigenvalue weighted by atomic mass is 32.2. The molecule has 6 heteroatoms. The third kappa shape index (κ3) is 3.13. The van der Waals surface area contributed by atoms with Gasteiger partial charge in [-0.3, -0.25) is 0 Å². The van der Waals surface area contributed by atoms with Crippen LogP contribution >= 0.6 is 0 Å². The van der Waals surface area contributed by atoms with Crippen LogP contribution in [0.2, 0.25) is 0 Å². The van der Waals surface area contributed by atoms with Crippen molar-refractivity contribution in [3.05, 3.63) is 102 Å². The lowest BCUT2D eigenvalue weighted by atomic mass is 9.80. The molecule has 0 bridgehead atoms. The monoisotopic (exact) mass is 420 g/mol. The van der Waals surface area contributed by atoms with Crippen molar-refractivity contribution in [2.75, 3.05) is 0 Å². The molecule has 1 heterocycles. The molecule has 0 saturated carbocycles. The Kier molecular flexibility index (Phi) is 5.22. The molecule has 0 unspecified atom stereocenters. The van der Waals surface area contributed by atoms with Gasteiger partial charge in [0.2, 0.25) is 0 Å². The predicted octanol–water partition coefficient (Wildman–Crippen LogP) is 4.07. The van der Waals surface area contributed by atoms with Crippen molar-refractivity contribution in [3.63, 3.8) is 0 Å². The number of nitrogens with zero attached hydrogens (tertiary/aromatic N) is 2. The summed E-state index contributed by atoms with van der Waals surface area (Å²) in [7, 11) is -4.01. The fraction of sp³-hybridized carbons (Fsp3) is 0.208. The summed E-state index contributed by atoms with van der Waals surface area (Å²) in [5.74, 6) is 0. The first kappa shape index (κ1) is 20.3. The van der Waals surface area contributed by atoms with Gasteiger partial charge in [0.25, 0.3) is 10.0 Å². The van der Waals surface area contributed by atoms with E-state index >= 15 is 0 Å². The van der Waals surface area contributed by atoms with E-state index in [0.717, 1.165) is 9.98 Å². The minimum atomic E-state index is -4.01. The number of aliphatic hydroxyl groups excluding tert-OH is 1. The molecule has 1 aliphatic heterocycles. The van der Waals surface area contributed by atoms with Crippen LogP contribution in [0.25, 0.3) is 0 Å². The summed E-state index contributed by atoms with van der Waals surface area (Å²) in [6.07, 6.45) is -0.768. The van der Waals surface area contributed by atoms with Gasteiger partial charge >= 0.3 is 0 Å². The van der Waals surface area contributed by atoms with Gasteiger partial charge in [0.05, 0.1) is 4.90 Å². The van der Waals surface area contributed by atoms with Gasteiger partial charge in [-0.05, 0) is 31.0 Å². The number of rotatable bonds is 5. The van der Waals surface area contributed by atoms with E-state index in [1.54, 1.807) is 24.3 Å². The number of aryl methyl sites for hydroxylation is 1. The van der Waals surface area contributed by atoms with Crippen molar-refractivity contribution in [1.29, 1.82) is 0 Å². The smallest absolute Gasteiger partial charge is 0.279 e. The molecule has 3 aromatic carbocycles. The highest BCUT2D eigenvalue weighted by Crippen LogP contribution is 2.45. The van der Waals surface area contributed by atoms with Gasteiger partial charge in [-0.2, -0.15) is 17.9 Å². The van der Waals surface area contributed by atoms with Gasteiger partial charge in [-0.15, -0.1) is 0 Å². The quantitative estimate of drug-likeness (QED) is 0.676. The van der Waals surface area contributed by atoms with Gasteiger partial charge in [-0.25, -0.2) is 0 Å². The summed E-state index contributed by atoms with van der Waals surface area (Å²) < 4.78 is 28.6. The molecular formula is C24H24N2O3S. The Morgan fingerprint density at radius 2 is 1.50 bits per heavy atom. The number of hydrogen-bond donors (Lipinski definition) is 1. The summed E-state index contributed by atoms with van der Waals surface area (Å²) in [4.78, 5) is 0.145. The number of hydrogen-bond acceptors (Lipinski definition) is 4. The van der Waals surface area contributed by atoms with E-state index in [0.29, 0.717) is 23.3 Å². The zero-order valence-electron chi connectivity index (χ0n) is 16.9. The third-order valence-corrected chi connectivity index (χ3v) is 7.41. The van der Waals surface area contributed by atoms with E-state index in [1.807, 2.05) is 74.5 Å². The van der Waals surface area contributed by atoms with E-state index < -0.39 is 21.7 Å². The summed E-state index contributed by atoms with van der Waals surface area (Å²) in [5.41, 5.74) is 1.47. The van der Waals surface area contributed by atoms with Crippen LogP contribution in [0.15, 0.2) is 94.9 Å². The molecule has 30 heavy (non-hydrogen) atoms. The highest BCUT2D eigenvalue weighted by Gasteiger charge is 2.55. The van der Waals surface area contributed by atoms with Gasteiger partial charge in [0.15, 0.2) is 0 Å². The van der Waals surface area contributed by atoms with E-state index in [-0.39, 0.29) is 4.90 Å². The summed E-state index contributed by atoms with van der Waals surface area (Å²) in [6.45, 7) is 3.78. The average Bonchev–Trinajstić information content (AvgIpc) is 3.09. The number of benzene rings is 3. The minimum absolute atomic E-state index is 0.145. The van der Waals surface area contributed by atoms with Crippen LogP contribution < -0.4 is 0 Å². The largest absolute Gasteiger partial charge is 0.384 e. The number of aliphatic hydroxyl groups is 1. The molecule has 0 aromatic heterocycles. The van der Waals surface area contributed by atoms with Crippen molar-refractivity contribution >= 4 is 15.7 Å². The van der Waals surface area contributed by atoms with Gasteiger partial charge in [0, 0.05) is 5.56 Å². The Balaban J connectivity index is 1.95. The van der Waals surface area contributed by atoms with E-state index in [2.05, 4.69) is 5.10 Å². The molecule has 4 rings (SSSR count). The van der Waals surface area contributed by atoms with Crippen LogP contribution in [-0.2, 0) is 15.6 Å². The van der Waals surface area contributed by atoms with Crippen molar-refractivity contribution in [1.82, 2.24) is 4.41 Å². The molecule has 3 aromatic rings. The predicted molar refractivity (Wildman–Crippen MR) is 118 cm³/mol. The molecule has 5 nitrogen and oxygen atoms in total. The minimum Gasteiger partial charge on any atom is -0.384 e. The summed E-state index contributed by atoms with van der Waals surface area (Å²) in [6, 6.07) is 25.1. The van der Waals surface area contributed by atoms with Crippen molar-refractivity contribution < 1.29 is 13.5 Å². The van der Waals surface area contributed by atoms with Crippen molar-refractivity contribution in [3.8, 4) is 0 Å². The Bertz CT molecular complexity index is 1160. The van der Waals surface area contributed by atoms with E-state index in [9.17, 15) is 13.5 Å². The van der Waals surface area contributed by atoms with Crippen LogP contribution in [0.1, 0.15) is 30.0 Å². The van der Waals surface area contributed by atoms with Crippen LogP contribution in [-0.4, -0.2) is 29.8 Å². The van der Waals surface area contributed by atoms with Crippen LogP contribution in [0.3, 0.4) is 0 Å². The van der Waals surface area contributed by atoms with Crippen LogP contribution in [0.4, 0.5) is 0 Å². The maximum atomic E-state index is 13.7. The fourth-order valence-electron chi connectivity index (χ4n) is 4.00. The maximum absolute atomic E-state index is 13.7. The first-order valence-corrected chi connectivity index (χ1v) is 11.3. The highest BCUT2D eigenvalue weighted by molar-refractivity contribution is 7.89. The van der Waals surface area contributed by atoms with Crippen molar-refractivity contribution in [2.24, 2.45) is 5.10 Å². The normalized spacial score (nSPS) is 21.5. The third-order valence-electron chi connectivity index (χ3n) is 5.68. The summed E-state index contributed by atoms with van der Waals surface area (Å²) >= 11 is 0. The lowest BCUT2D eigenvalue weighted by Crippen LogP contribution is -2.51. The maximum Gasteiger partial charge on any atom is 0.279 e. The lowest BCUT2D eigenvalue weighted by Gasteiger charge is -2.38. The zero-order valence-corrected chi connectivity index (χ0v) is 17.8. The van der Waals surface area contributed by atoms with Gasteiger partial charge < -0.3 is 5.11 Å². The standard InChI is InChI=1S/C24H24N2O3S/c1-3-24(20-12-8-5-9-13-20)23(27)22(19-10-6-4-7-11-19)25-26(24)30(28,29)21-16-14-18(2)15-17-21/h4-17,23,27H,3H2,1-2H3/t23-,24+/m0/s1. The van der Waals surface area contributed by atoms with Crippen LogP contribution in [0, 0.1) is 6.92 Å². The zero-order chi connectivity index (χ0) is 21.4. The average molecular weight is 421 g/mol. The molecular weight excluding hydrogens is 396 g/mol. The molecule has 0 aliphatic carbocycles. The molecule has 0 fully saturated rings. The second-order valence-corrected chi connectivity index (χ2v) is 9.23. The molecule has 1 aliphatic rings. The molecule has 154 valence electrons. The first-order chi connectivity index (χ1) is 14.4. The number of sulfonamides is 1. The molecule has 0 radical (unpaired) electrons. The Labute approximate surface area is 177 Å². The molecule has 1 N–H and O–H groups in total. The summed E-state index contributed by atoms with van der Waals surface area (Å²) in [5, 5.41) is 16.0. The van der Waals surface area contributed by atoms with E-state index in [1.165, 1.54) is 0 Å². The molecule has 0 saturated heterocycles. The van der Waals surface area contributed by atoms with Crippen molar-refractivity contribution in [2.45, 2.75) is 36.8 Å². The Hall–Kier alpha value is -2.96. The molecule has 0 amide bonds. The molecule has 0 spiro atoms. The lowest BCUT2D eigenvalue weighted by molar-refractivity contribution is 0.0708.